The van der Waals surface area contributed by atoms with Crippen LogP contribution in [-0.2, 0) is 16.1 Å². The molecule has 2 rings (SSSR count). The summed E-state index contributed by atoms with van der Waals surface area (Å²) in [6.45, 7) is 3.83. The Kier molecular flexibility index (Phi) is 8.67. The lowest BCUT2D eigenvalue weighted by atomic mass is 10.2. The lowest BCUT2D eigenvalue weighted by Gasteiger charge is -2.12. The Hall–Kier alpha value is -3.04. The van der Waals surface area contributed by atoms with Crippen molar-refractivity contribution >= 4 is 5.91 Å². The second kappa shape index (κ2) is 11.6. The molecule has 0 radical (unpaired) electrons. The van der Waals surface area contributed by atoms with Gasteiger partial charge in [0.1, 0.15) is 0 Å². The number of amides is 1. The highest BCUT2D eigenvalue weighted by Crippen LogP contribution is 2.28. The number of hydrogen-bond acceptors (Lipinski definition) is 5. The van der Waals surface area contributed by atoms with Gasteiger partial charge in [-0.15, -0.1) is 0 Å². The van der Waals surface area contributed by atoms with Gasteiger partial charge >= 0.3 is 0 Å². The Morgan fingerprint density at radius 2 is 1.93 bits per heavy atom. The molecule has 6 heteroatoms. The van der Waals surface area contributed by atoms with Crippen LogP contribution in [0.1, 0.15) is 24.5 Å². The fraction of sp³-hybridized carbons (Fsp3) is 0.333. The molecule has 142 valence electrons. The number of nitrogens with zero attached hydrogens (tertiary/aromatic N) is 1. The summed E-state index contributed by atoms with van der Waals surface area (Å²) >= 11 is 0. The van der Waals surface area contributed by atoms with Gasteiger partial charge in [-0.2, -0.15) is 5.26 Å². The van der Waals surface area contributed by atoms with E-state index in [1.807, 2.05) is 43.3 Å². The third kappa shape index (κ3) is 7.38. The van der Waals surface area contributed by atoms with E-state index in [9.17, 15) is 4.79 Å². The van der Waals surface area contributed by atoms with E-state index < -0.39 is 0 Å². The van der Waals surface area contributed by atoms with E-state index in [0.717, 1.165) is 12.0 Å². The average molecular weight is 368 g/mol. The van der Waals surface area contributed by atoms with Crippen LogP contribution in [0.4, 0.5) is 0 Å². The van der Waals surface area contributed by atoms with Crippen molar-refractivity contribution < 1.29 is 19.0 Å². The summed E-state index contributed by atoms with van der Waals surface area (Å²) in [5.41, 5.74) is 1.60. The summed E-state index contributed by atoms with van der Waals surface area (Å²) in [5.74, 6) is 0.681. The Morgan fingerprint density at radius 1 is 1.11 bits per heavy atom. The Morgan fingerprint density at radius 3 is 2.67 bits per heavy atom. The first-order valence-electron chi connectivity index (χ1n) is 8.91. The molecular formula is C21H24N2O4. The zero-order chi connectivity index (χ0) is 19.3. The van der Waals surface area contributed by atoms with E-state index in [0.29, 0.717) is 43.4 Å². The smallest absolute Gasteiger partial charge is 0.257 e. The maximum atomic E-state index is 11.9. The summed E-state index contributed by atoms with van der Waals surface area (Å²) in [5, 5.41) is 11.7. The Bertz CT molecular complexity index is 757. The van der Waals surface area contributed by atoms with Gasteiger partial charge in [0, 0.05) is 19.2 Å². The highest BCUT2D eigenvalue weighted by atomic mass is 16.5. The van der Waals surface area contributed by atoms with Gasteiger partial charge in [0.25, 0.3) is 5.91 Å². The fourth-order valence-electron chi connectivity index (χ4n) is 2.33. The van der Waals surface area contributed by atoms with Gasteiger partial charge in [0.15, 0.2) is 18.1 Å². The first kappa shape index (κ1) is 20.3. The summed E-state index contributed by atoms with van der Waals surface area (Å²) < 4.78 is 16.5. The number of hydrogen-bond donors (Lipinski definition) is 1. The van der Waals surface area contributed by atoms with E-state index in [-0.39, 0.29) is 12.5 Å². The van der Waals surface area contributed by atoms with E-state index in [1.165, 1.54) is 0 Å². The topological polar surface area (TPSA) is 80.6 Å². The number of carbonyl (C=O) groups is 1. The number of ether oxygens (including phenoxy) is 3. The molecule has 27 heavy (non-hydrogen) atoms. The number of nitriles is 1. The van der Waals surface area contributed by atoms with Gasteiger partial charge in [-0.25, -0.2) is 0 Å². The van der Waals surface area contributed by atoms with Crippen LogP contribution < -0.4 is 14.8 Å². The number of benzene rings is 2. The van der Waals surface area contributed by atoms with Gasteiger partial charge in [0.05, 0.1) is 24.8 Å². The van der Waals surface area contributed by atoms with Gasteiger partial charge in [-0.3, -0.25) is 4.79 Å². The van der Waals surface area contributed by atoms with Crippen LogP contribution in [0.15, 0.2) is 48.5 Å². The molecule has 0 aliphatic rings. The van der Waals surface area contributed by atoms with E-state index >= 15 is 0 Å². The van der Waals surface area contributed by atoms with Crippen molar-refractivity contribution in [3.05, 3.63) is 59.7 Å². The number of rotatable bonds is 11. The molecular weight excluding hydrogens is 344 g/mol. The molecule has 0 saturated heterocycles. The predicted octanol–water partition coefficient (Wildman–Crippen LogP) is 3.06. The van der Waals surface area contributed by atoms with E-state index in [2.05, 4.69) is 5.32 Å². The van der Waals surface area contributed by atoms with Crippen LogP contribution in [0.25, 0.3) is 0 Å². The highest BCUT2D eigenvalue weighted by Gasteiger charge is 2.09. The molecule has 1 amide bonds. The molecule has 0 atom stereocenters. The van der Waals surface area contributed by atoms with Gasteiger partial charge in [-0.1, -0.05) is 30.3 Å². The maximum absolute atomic E-state index is 11.9. The maximum Gasteiger partial charge on any atom is 0.257 e. The molecule has 0 saturated carbocycles. The summed E-state index contributed by atoms with van der Waals surface area (Å²) in [4.78, 5) is 11.9. The van der Waals surface area contributed by atoms with Crippen molar-refractivity contribution in [2.24, 2.45) is 0 Å². The minimum absolute atomic E-state index is 0.114. The molecule has 0 unspecified atom stereocenters. The number of nitrogens with one attached hydrogen (secondary N) is 1. The van der Waals surface area contributed by atoms with Crippen LogP contribution in [0.2, 0.25) is 0 Å². The SMILES string of the molecule is CCOc1cc(C#N)ccc1OCC(=O)NCCCOCc1ccccc1. The average Bonchev–Trinajstić information content (AvgIpc) is 2.70. The molecule has 0 aliphatic carbocycles. The molecule has 0 fully saturated rings. The van der Waals surface area contributed by atoms with Gasteiger partial charge in [-0.05, 0) is 31.0 Å². The third-order valence-electron chi connectivity index (χ3n) is 3.63. The molecule has 0 heterocycles. The van der Waals surface area contributed by atoms with Crippen LogP contribution >= 0.6 is 0 Å². The van der Waals surface area contributed by atoms with Crippen molar-refractivity contribution in [3.63, 3.8) is 0 Å². The highest BCUT2D eigenvalue weighted by molar-refractivity contribution is 5.77. The molecule has 2 aromatic rings. The van der Waals surface area contributed by atoms with E-state index in [1.54, 1.807) is 18.2 Å². The third-order valence-corrected chi connectivity index (χ3v) is 3.63. The minimum atomic E-state index is -0.218. The lowest BCUT2D eigenvalue weighted by molar-refractivity contribution is -0.123. The van der Waals surface area contributed by atoms with Crippen molar-refractivity contribution in [1.29, 1.82) is 5.26 Å². The second-order valence-electron chi connectivity index (χ2n) is 5.74. The summed E-state index contributed by atoms with van der Waals surface area (Å²) in [6.07, 6.45) is 0.722. The predicted molar refractivity (Wildman–Crippen MR) is 102 cm³/mol. The molecule has 6 nitrogen and oxygen atoms in total. The molecule has 1 N–H and O–H groups in total. The monoisotopic (exact) mass is 368 g/mol. The van der Waals surface area contributed by atoms with Crippen LogP contribution in [-0.4, -0.2) is 32.3 Å². The lowest BCUT2D eigenvalue weighted by Crippen LogP contribution is -2.30. The van der Waals surface area contributed by atoms with Crippen molar-refractivity contribution in [2.75, 3.05) is 26.4 Å². The normalized spacial score (nSPS) is 10.1. The Balaban J connectivity index is 1.64. The quantitative estimate of drug-likeness (QED) is 0.617. The molecule has 2 aromatic carbocycles. The number of carbonyl (C=O) groups excluding carboxylic acids is 1. The minimum Gasteiger partial charge on any atom is -0.490 e. The second-order valence-corrected chi connectivity index (χ2v) is 5.74. The molecule has 0 spiro atoms. The van der Waals surface area contributed by atoms with Crippen molar-refractivity contribution in [2.45, 2.75) is 20.0 Å². The first-order valence-corrected chi connectivity index (χ1v) is 8.91. The van der Waals surface area contributed by atoms with Crippen molar-refractivity contribution in [3.8, 4) is 17.6 Å². The zero-order valence-corrected chi connectivity index (χ0v) is 15.4. The summed E-state index contributed by atoms with van der Waals surface area (Å²) in [7, 11) is 0. The van der Waals surface area contributed by atoms with Crippen LogP contribution in [0.3, 0.4) is 0 Å². The van der Waals surface area contributed by atoms with E-state index in [4.69, 9.17) is 19.5 Å². The standard InChI is InChI=1S/C21H24N2O4/c1-2-26-20-13-18(14-22)9-10-19(20)27-16-21(24)23-11-6-12-25-15-17-7-4-3-5-8-17/h3-5,7-10,13H,2,6,11-12,15-16H2,1H3,(H,23,24). The van der Waals surface area contributed by atoms with Gasteiger partial charge in [0.2, 0.25) is 0 Å². The molecule has 0 aliphatic heterocycles. The molecule has 0 aromatic heterocycles. The summed E-state index contributed by atoms with van der Waals surface area (Å²) in [6, 6.07) is 16.8. The Labute approximate surface area is 159 Å². The van der Waals surface area contributed by atoms with Crippen LogP contribution in [0.5, 0.6) is 11.5 Å². The zero-order valence-electron chi connectivity index (χ0n) is 15.4. The van der Waals surface area contributed by atoms with Crippen molar-refractivity contribution in [1.82, 2.24) is 5.32 Å². The van der Waals surface area contributed by atoms with Gasteiger partial charge < -0.3 is 19.5 Å². The largest absolute Gasteiger partial charge is 0.490 e. The first-order chi connectivity index (χ1) is 13.2. The van der Waals surface area contributed by atoms with Crippen LogP contribution in [0, 0.1) is 11.3 Å². The molecule has 0 bridgehead atoms. The fourth-order valence-corrected chi connectivity index (χ4v) is 2.33.